The van der Waals surface area contributed by atoms with Gasteiger partial charge in [-0.1, -0.05) is 35.5 Å². The maximum Gasteiger partial charge on any atom is 0.251 e. The van der Waals surface area contributed by atoms with Gasteiger partial charge in [-0.05, 0) is 31.9 Å². The van der Waals surface area contributed by atoms with Crippen LogP contribution in [0.1, 0.15) is 22.6 Å². The lowest BCUT2D eigenvalue weighted by Gasteiger charge is -2.11. The van der Waals surface area contributed by atoms with Gasteiger partial charge >= 0.3 is 0 Å². The predicted molar refractivity (Wildman–Crippen MR) is 86.0 cm³/mol. The van der Waals surface area contributed by atoms with Crippen LogP contribution in [-0.2, 0) is 6.54 Å². The average molecular weight is 294 g/mol. The van der Waals surface area contributed by atoms with Gasteiger partial charge in [0.1, 0.15) is 5.76 Å². The summed E-state index contributed by atoms with van der Waals surface area (Å²) in [5.74, 6) is 0.769. The summed E-state index contributed by atoms with van der Waals surface area (Å²) in [5.41, 5.74) is 4.83. The van der Waals surface area contributed by atoms with Gasteiger partial charge in [0.05, 0.1) is 12.2 Å². The number of rotatable bonds is 3. The number of aryl methyl sites for hydroxylation is 3. The Morgan fingerprint density at radius 3 is 2.50 bits per heavy atom. The van der Waals surface area contributed by atoms with Gasteiger partial charge in [-0.2, -0.15) is 0 Å². The van der Waals surface area contributed by atoms with E-state index in [-0.39, 0.29) is 5.56 Å². The zero-order valence-corrected chi connectivity index (χ0v) is 13.0. The molecule has 0 aliphatic rings. The molecule has 0 aliphatic heterocycles. The van der Waals surface area contributed by atoms with Crippen molar-refractivity contribution in [2.45, 2.75) is 27.3 Å². The zero-order chi connectivity index (χ0) is 15.7. The van der Waals surface area contributed by atoms with Crippen LogP contribution < -0.4 is 5.56 Å². The standard InChI is InChI=1S/C18H18N2O2/c1-12-9-17(21)20(10-15-7-5-4-6-8-15)11-16(12)18-13(2)19-22-14(18)3/h4-9,11H,10H2,1-3H3. The van der Waals surface area contributed by atoms with Crippen LogP contribution in [0.4, 0.5) is 0 Å². The van der Waals surface area contributed by atoms with Gasteiger partial charge in [0.25, 0.3) is 5.56 Å². The van der Waals surface area contributed by atoms with E-state index in [1.807, 2.05) is 57.3 Å². The zero-order valence-electron chi connectivity index (χ0n) is 13.0. The maximum atomic E-state index is 12.3. The van der Waals surface area contributed by atoms with Crippen LogP contribution in [-0.4, -0.2) is 9.72 Å². The number of nitrogens with zero attached hydrogens (tertiary/aromatic N) is 2. The van der Waals surface area contributed by atoms with E-state index in [0.717, 1.165) is 33.7 Å². The molecule has 0 amide bonds. The molecule has 0 bridgehead atoms. The minimum Gasteiger partial charge on any atom is -0.361 e. The topological polar surface area (TPSA) is 48.0 Å². The third-order valence-corrected chi connectivity index (χ3v) is 3.83. The smallest absolute Gasteiger partial charge is 0.251 e. The summed E-state index contributed by atoms with van der Waals surface area (Å²) >= 11 is 0. The van der Waals surface area contributed by atoms with E-state index in [4.69, 9.17) is 4.52 Å². The van der Waals surface area contributed by atoms with Crippen molar-refractivity contribution < 1.29 is 4.52 Å². The number of hydrogen-bond acceptors (Lipinski definition) is 3. The Kier molecular flexibility index (Phi) is 3.67. The summed E-state index contributed by atoms with van der Waals surface area (Å²) in [7, 11) is 0. The van der Waals surface area contributed by atoms with Gasteiger partial charge < -0.3 is 9.09 Å². The predicted octanol–water partition coefficient (Wildman–Crippen LogP) is 3.48. The summed E-state index contributed by atoms with van der Waals surface area (Å²) in [4.78, 5) is 12.3. The molecule has 0 unspecified atom stereocenters. The Labute approximate surface area is 129 Å². The van der Waals surface area contributed by atoms with Crippen LogP contribution >= 0.6 is 0 Å². The first-order valence-corrected chi connectivity index (χ1v) is 7.24. The lowest BCUT2D eigenvalue weighted by molar-refractivity contribution is 0.393. The molecule has 0 spiro atoms. The molecule has 0 aliphatic carbocycles. The fraction of sp³-hybridized carbons (Fsp3) is 0.222. The highest BCUT2D eigenvalue weighted by atomic mass is 16.5. The fourth-order valence-electron chi connectivity index (χ4n) is 2.70. The van der Waals surface area contributed by atoms with E-state index in [1.54, 1.807) is 10.6 Å². The molecule has 4 heteroatoms. The summed E-state index contributed by atoms with van der Waals surface area (Å²) in [6, 6.07) is 11.6. The van der Waals surface area contributed by atoms with E-state index < -0.39 is 0 Å². The molecule has 0 radical (unpaired) electrons. The normalized spacial score (nSPS) is 10.9. The molecular weight excluding hydrogens is 276 g/mol. The quantitative estimate of drug-likeness (QED) is 0.743. The lowest BCUT2D eigenvalue weighted by atomic mass is 10.0. The second kappa shape index (κ2) is 5.64. The van der Waals surface area contributed by atoms with E-state index in [1.165, 1.54) is 0 Å². The van der Waals surface area contributed by atoms with E-state index in [2.05, 4.69) is 5.16 Å². The second-order valence-electron chi connectivity index (χ2n) is 5.52. The molecular formula is C18H18N2O2. The monoisotopic (exact) mass is 294 g/mol. The lowest BCUT2D eigenvalue weighted by Crippen LogP contribution is -2.20. The summed E-state index contributed by atoms with van der Waals surface area (Å²) in [6.07, 6.45) is 1.90. The molecule has 0 N–H and O–H groups in total. The first kappa shape index (κ1) is 14.3. The molecule has 112 valence electrons. The molecule has 4 nitrogen and oxygen atoms in total. The highest BCUT2D eigenvalue weighted by Gasteiger charge is 2.15. The molecule has 2 heterocycles. The molecule has 3 aromatic rings. The highest BCUT2D eigenvalue weighted by Crippen LogP contribution is 2.28. The Morgan fingerprint density at radius 1 is 1.14 bits per heavy atom. The van der Waals surface area contributed by atoms with Crippen molar-refractivity contribution in [1.82, 2.24) is 9.72 Å². The third kappa shape index (κ3) is 2.60. The van der Waals surface area contributed by atoms with Crippen LogP contribution in [0.15, 0.2) is 51.9 Å². The number of pyridine rings is 1. The molecule has 1 aromatic carbocycles. The third-order valence-electron chi connectivity index (χ3n) is 3.83. The largest absolute Gasteiger partial charge is 0.361 e. The van der Waals surface area contributed by atoms with Crippen LogP contribution in [0.25, 0.3) is 11.1 Å². The van der Waals surface area contributed by atoms with Crippen molar-refractivity contribution in [2.24, 2.45) is 0 Å². The maximum absolute atomic E-state index is 12.3. The molecule has 22 heavy (non-hydrogen) atoms. The minimum absolute atomic E-state index is 0.00290. The van der Waals surface area contributed by atoms with E-state index in [9.17, 15) is 4.79 Å². The first-order valence-electron chi connectivity index (χ1n) is 7.24. The van der Waals surface area contributed by atoms with Gasteiger partial charge in [0.2, 0.25) is 0 Å². The van der Waals surface area contributed by atoms with Crippen molar-refractivity contribution in [2.75, 3.05) is 0 Å². The van der Waals surface area contributed by atoms with Crippen molar-refractivity contribution in [3.05, 3.63) is 75.5 Å². The van der Waals surface area contributed by atoms with E-state index >= 15 is 0 Å². The summed E-state index contributed by atoms with van der Waals surface area (Å²) in [6.45, 7) is 6.30. The minimum atomic E-state index is -0.00290. The molecule has 3 rings (SSSR count). The molecule has 0 saturated heterocycles. The highest BCUT2D eigenvalue weighted by molar-refractivity contribution is 5.69. The molecule has 2 aromatic heterocycles. The van der Waals surface area contributed by atoms with Crippen LogP contribution in [0.3, 0.4) is 0 Å². The molecule has 0 saturated carbocycles. The van der Waals surface area contributed by atoms with Crippen LogP contribution in [0.2, 0.25) is 0 Å². The Balaban J connectivity index is 2.10. The Bertz CT molecular complexity index is 841. The number of hydrogen-bond donors (Lipinski definition) is 0. The van der Waals surface area contributed by atoms with Gasteiger partial charge in [-0.15, -0.1) is 0 Å². The fourth-order valence-corrected chi connectivity index (χ4v) is 2.70. The number of aromatic nitrogens is 2. The summed E-state index contributed by atoms with van der Waals surface area (Å²) < 4.78 is 6.98. The molecule has 0 atom stereocenters. The first-order chi connectivity index (χ1) is 10.6. The van der Waals surface area contributed by atoms with Gasteiger partial charge in [0, 0.05) is 23.4 Å². The van der Waals surface area contributed by atoms with Gasteiger partial charge in [0.15, 0.2) is 0 Å². The van der Waals surface area contributed by atoms with Crippen molar-refractivity contribution >= 4 is 0 Å². The molecule has 0 fully saturated rings. The number of benzene rings is 1. The van der Waals surface area contributed by atoms with Gasteiger partial charge in [-0.3, -0.25) is 4.79 Å². The Hall–Kier alpha value is -2.62. The van der Waals surface area contributed by atoms with Crippen LogP contribution in [0, 0.1) is 20.8 Å². The Morgan fingerprint density at radius 2 is 1.86 bits per heavy atom. The summed E-state index contributed by atoms with van der Waals surface area (Å²) in [5, 5.41) is 4.01. The van der Waals surface area contributed by atoms with Gasteiger partial charge in [-0.25, -0.2) is 0 Å². The van der Waals surface area contributed by atoms with Crippen molar-refractivity contribution in [1.29, 1.82) is 0 Å². The second-order valence-corrected chi connectivity index (χ2v) is 5.52. The van der Waals surface area contributed by atoms with Crippen molar-refractivity contribution in [3.63, 3.8) is 0 Å². The van der Waals surface area contributed by atoms with E-state index in [0.29, 0.717) is 6.54 Å². The van der Waals surface area contributed by atoms with Crippen LogP contribution in [0.5, 0.6) is 0 Å². The van der Waals surface area contributed by atoms with Crippen molar-refractivity contribution in [3.8, 4) is 11.1 Å². The average Bonchev–Trinajstić information content (AvgIpc) is 2.83. The SMILES string of the molecule is Cc1cc(=O)n(Cc2ccccc2)cc1-c1c(C)noc1C.